The fourth-order valence-corrected chi connectivity index (χ4v) is 4.28. The summed E-state index contributed by atoms with van der Waals surface area (Å²) in [5.41, 5.74) is 0. The van der Waals surface area contributed by atoms with Crippen LogP contribution >= 0.6 is 0 Å². The fraction of sp³-hybridized carbons (Fsp3) is 0.667. The molecule has 2 fully saturated rings. The summed E-state index contributed by atoms with van der Waals surface area (Å²) < 4.78 is 23.5. The molecule has 0 amide bonds. The predicted molar refractivity (Wildman–Crippen MR) is 89.9 cm³/mol. The third-order valence-electron chi connectivity index (χ3n) is 4.79. The Morgan fingerprint density at radius 3 is 2.61 bits per heavy atom. The van der Waals surface area contributed by atoms with Crippen LogP contribution in [0.15, 0.2) is 23.2 Å². The maximum Gasteiger partial charge on any atom is 0.241 e. The molecule has 0 saturated carbocycles. The average molecular weight is 339 g/mol. The van der Waals surface area contributed by atoms with E-state index in [1.165, 1.54) is 25.5 Å². The van der Waals surface area contributed by atoms with Crippen molar-refractivity contribution in [2.45, 2.75) is 23.8 Å². The number of aromatic nitrogens is 1. The maximum absolute atomic E-state index is 11.7. The lowest BCUT2D eigenvalue weighted by Gasteiger charge is -2.43. The first-order valence-corrected chi connectivity index (χ1v) is 9.65. The van der Waals surface area contributed by atoms with Crippen molar-refractivity contribution >= 4 is 15.8 Å². The molecule has 1 atom stereocenters. The normalized spacial score (nSPS) is 24.8. The van der Waals surface area contributed by atoms with E-state index in [0.717, 1.165) is 32.7 Å². The van der Waals surface area contributed by atoms with Crippen molar-refractivity contribution in [1.29, 1.82) is 0 Å². The van der Waals surface area contributed by atoms with Gasteiger partial charge in [-0.15, -0.1) is 0 Å². The highest BCUT2D eigenvalue weighted by molar-refractivity contribution is 7.89. The lowest BCUT2D eigenvalue weighted by molar-refractivity contribution is 0.106. The number of anilines is 1. The molecule has 2 aliphatic rings. The smallest absolute Gasteiger partial charge is 0.241 e. The molecular formula is C15H25N5O2S. The lowest BCUT2D eigenvalue weighted by Crippen LogP contribution is -2.54. The minimum Gasteiger partial charge on any atom is -0.353 e. The summed E-state index contributed by atoms with van der Waals surface area (Å²) in [6.45, 7) is 5.71. The average Bonchev–Trinajstić information content (AvgIpc) is 2.54. The van der Waals surface area contributed by atoms with Crippen molar-refractivity contribution in [1.82, 2.24) is 14.8 Å². The van der Waals surface area contributed by atoms with Crippen LogP contribution < -0.4 is 10.0 Å². The number of piperazine rings is 1. The molecule has 0 spiro atoms. The quantitative estimate of drug-likeness (QED) is 0.831. The van der Waals surface area contributed by atoms with Gasteiger partial charge in [0.25, 0.3) is 0 Å². The van der Waals surface area contributed by atoms with Crippen LogP contribution in [0, 0.1) is 0 Å². The second kappa shape index (κ2) is 6.72. The number of hydrogen-bond donors (Lipinski definition) is 1. The Morgan fingerprint density at radius 1 is 1.22 bits per heavy atom. The van der Waals surface area contributed by atoms with Crippen molar-refractivity contribution in [3.05, 3.63) is 18.3 Å². The molecule has 2 aliphatic heterocycles. The molecule has 0 radical (unpaired) electrons. The number of nitrogens with two attached hydrogens (primary N) is 1. The minimum absolute atomic E-state index is 0.117. The molecule has 8 heteroatoms. The molecule has 3 rings (SSSR count). The van der Waals surface area contributed by atoms with Crippen molar-refractivity contribution in [3.63, 3.8) is 0 Å². The molecule has 3 heterocycles. The third-order valence-corrected chi connectivity index (χ3v) is 5.72. The second-order valence-corrected chi connectivity index (χ2v) is 7.98. The van der Waals surface area contributed by atoms with Gasteiger partial charge >= 0.3 is 0 Å². The van der Waals surface area contributed by atoms with Crippen molar-refractivity contribution in [2.24, 2.45) is 5.14 Å². The summed E-state index contributed by atoms with van der Waals surface area (Å²) in [6, 6.07) is 3.75. The van der Waals surface area contributed by atoms with Crippen LogP contribution in [-0.2, 0) is 10.0 Å². The zero-order chi connectivity index (χ0) is 16.4. The number of hydrogen-bond acceptors (Lipinski definition) is 6. The van der Waals surface area contributed by atoms with Gasteiger partial charge in [0.2, 0.25) is 10.0 Å². The molecule has 0 aliphatic carbocycles. The van der Waals surface area contributed by atoms with Crippen LogP contribution in [0.5, 0.6) is 0 Å². The standard InChI is InChI=1S/C15H25N5O2S/c1-18-7-3-4-13(12-18)19-8-10-20(11-9-19)15-14(23(16,21)22)5-2-6-17-15/h2,5-6,13H,3-4,7-12H2,1H3,(H2,16,21,22). The Morgan fingerprint density at radius 2 is 1.96 bits per heavy atom. The highest BCUT2D eigenvalue weighted by Crippen LogP contribution is 2.24. The zero-order valence-electron chi connectivity index (χ0n) is 13.6. The molecule has 23 heavy (non-hydrogen) atoms. The third kappa shape index (κ3) is 3.82. The summed E-state index contributed by atoms with van der Waals surface area (Å²) in [5, 5.41) is 5.31. The Bertz CT molecular complexity index is 643. The lowest BCUT2D eigenvalue weighted by atomic mass is 10.0. The number of piperidine rings is 1. The summed E-state index contributed by atoms with van der Waals surface area (Å²) in [5.74, 6) is 0.482. The van der Waals surface area contributed by atoms with Crippen molar-refractivity contribution < 1.29 is 8.42 Å². The molecule has 128 valence electrons. The predicted octanol–water partition coefficient (Wildman–Crippen LogP) is -0.0548. The van der Waals surface area contributed by atoms with Gasteiger partial charge in [0, 0.05) is 45.0 Å². The summed E-state index contributed by atoms with van der Waals surface area (Å²) in [6.07, 6.45) is 4.11. The zero-order valence-corrected chi connectivity index (χ0v) is 14.4. The molecule has 2 saturated heterocycles. The van der Waals surface area contributed by atoms with E-state index in [1.54, 1.807) is 12.3 Å². The Kier molecular flexibility index (Phi) is 4.86. The van der Waals surface area contributed by atoms with Gasteiger partial charge in [0.15, 0.2) is 0 Å². The number of primary sulfonamides is 1. The molecular weight excluding hydrogens is 314 g/mol. The van der Waals surface area contributed by atoms with E-state index in [2.05, 4.69) is 21.8 Å². The summed E-state index contributed by atoms with van der Waals surface area (Å²) >= 11 is 0. The van der Waals surface area contributed by atoms with E-state index in [-0.39, 0.29) is 4.90 Å². The SMILES string of the molecule is CN1CCCC(N2CCN(c3ncccc3S(N)(=O)=O)CC2)C1. The first-order valence-electron chi connectivity index (χ1n) is 8.10. The van der Waals surface area contributed by atoms with E-state index in [4.69, 9.17) is 5.14 Å². The first-order chi connectivity index (χ1) is 10.9. The van der Waals surface area contributed by atoms with Crippen LogP contribution in [0.1, 0.15) is 12.8 Å². The van der Waals surface area contributed by atoms with Crippen molar-refractivity contribution in [3.8, 4) is 0 Å². The number of nitrogens with zero attached hydrogens (tertiary/aromatic N) is 4. The maximum atomic E-state index is 11.7. The molecule has 1 aromatic heterocycles. The molecule has 0 bridgehead atoms. The summed E-state index contributed by atoms with van der Waals surface area (Å²) in [4.78, 5) is 11.3. The van der Waals surface area contributed by atoms with Gasteiger partial charge in [-0.1, -0.05) is 0 Å². The first kappa shape index (κ1) is 16.6. The van der Waals surface area contributed by atoms with Crippen LogP contribution in [0.2, 0.25) is 0 Å². The number of pyridine rings is 1. The number of rotatable bonds is 3. The van der Waals surface area contributed by atoms with Gasteiger partial charge in [-0.05, 0) is 38.6 Å². The number of likely N-dealkylation sites (N-methyl/N-ethyl adjacent to an activating group) is 1. The highest BCUT2D eigenvalue weighted by Gasteiger charge is 2.29. The largest absolute Gasteiger partial charge is 0.353 e. The van der Waals surface area contributed by atoms with E-state index in [1.807, 2.05) is 4.90 Å². The molecule has 0 aromatic carbocycles. The monoisotopic (exact) mass is 339 g/mol. The Labute approximate surface area is 138 Å². The Hall–Kier alpha value is -1.22. The molecule has 7 nitrogen and oxygen atoms in total. The van der Waals surface area contributed by atoms with E-state index < -0.39 is 10.0 Å². The van der Waals surface area contributed by atoms with Gasteiger partial charge in [0.05, 0.1) is 0 Å². The van der Waals surface area contributed by atoms with Gasteiger partial charge in [-0.25, -0.2) is 18.5 Å². The van der Waals surface area contributed by atoms with Gasteiger partial charge in [0.1, 0.15) is 10.7 Å². The molecule has 1 aromatic rings. The van der Waals surface area contributed by atoms with Gasteiger partial charge in [-0.2, -0.15) is 0 Å². The highest BCUT2D eigenvalue weighted by atomic mass is 32.2. The van der Waals surface area contributed by atoms with Crippen molar-refractivity contribution in [2.75, 3.05) is 51.2 Å². The molecule has 1 unspecified atom stereocenters. The topological polar surface area (TPSA) is 82.8 Å². The van der Waals surface area contributed by atoms with Crippen LogP contribution in [0.25, 0.3) is 0 Å². The Balaban J connectivity index is 1.68. The van der Waals surface area contributed by atoms with Crippen LogP contribution in [0.3, 0.4) is 0 Å². The summed E-state index contributed by atoms with van der Waals surface area (Å²) in [7, 11) is -1.57. The number of likely N-dealkylation sites (tertiary alicyclic amines) is 1. The second-order valence-electron chi connectivity index (χ2n) is 6.45. The number of sulfonamides is 1. The van der Waals surface area contributed by atoms with Crippen LogP contribution in [0.4, 0.5) is 5.82 Å². The fourth-order valence-electron chi connectivity index (χ4n) is 3.58. The van der Waals surface area contributed by atoms with Crippen LogP contribution in [-0.4, -0.2) is 75.6 Å². The van der Waals surface area contributed by atoms with E-state index >= 15 is 0 Å². The minimum atomic E-state index is -3.75. The van der Waals surface area contributed by atoms with E-state index in [0.29, 0.717) is 11.9 Å². The van der Waals surface area contributed by atoms with Gasteiger partial charge in [-0.3, -0.25) is 4.90 Å². The van der Waals surface area contributed by atoms with Gasteiger partial charge < -0.3 is 9.80 Å². The van der Waals surface area contributed by atoms with E-state index in [9.17, 15) is 8.42 Å². The molecule has 2 N–H and O–H groups in total.